The third-order valence-corrected chi connectivity index (χ3v) is 3.13. The van der Waals surface area contributed by atoms with E-state index in [0.717, 1.165) is 18.2 Å². The van der Waals surface area contributed by atoms with Crippen LogP contribution in [-0.4, -0.2) is 6.04 Å². The van der Waals surface area contributed by atoms with Crippen molar-refractivity contribution < 1.29 is 17.9 Å². The van der Waals surface area contributed by atoms with Crippen LogP contribution < -0.4 is 10.5 Å². The SMILES string of the molecule is CCC(N)Cc1c(F)cccc1Oc1cc(F)cc(F)c1. The number of rotatable bonds is 5. The first-order valence-corrected chi connectivity index (χ1v) is 6.66. The lowest BCUT2D eigenvalue weighted by atomic mass is 10.0. The van der Waals surface area contributed by atoms with Gasteiger partial charge in [0.25, 0.3) is 0 Å². The van der Waals surface area contributed by atoms with Crippen LogP contribution in [0.1, 0.15) is 18.9 Å². The van der Waals surface area contributed by atoms with Crippen LogP contribution in [-0.2, 0) is 6.42 Å². The number of hydrogen-bond acceptors (Lipinski definition) is 2. The Hall–Kier alpha value is -2.01. The summed E-state index contributed by atoms with van der Waals surface area (Å²) in [7, 11) is 0. The Balaban J connectivity index is 2.32. The smallest absolute Gasteiger partial charge is 0.133 e. The zero-order valence-corrected chi connectivity index (χ0v) is 11.6. The normalized spacial score (nSPS) is 12.2. The summed E-state index contributed by atoms with van der Waals surface area (Å²) in [6.45, 7) is 1.90. The first-order chi connectivity index (χ1) is 9.99. The summed E-state index contributed by atoms with van der Waals surface area (Å²) in [5.41, 5.74) is 6.14. The average Bonchev–Trinajstić information content (AvgIpc) is 2.41. The van der Waals surface area contributed by atoms with Crippen LogP contribution in [0.15, 0.2) is 36.4 Å². The third kappa shape index (κ3) is 3.98. The van der Waals surface area contributed by atoms with E-state index < -0.39 is 17.5 Å². The maximum atomic E-state index is 13.9. The molecule has 0 bridgehead atoms. The van der Waals surface area contributed by atoms with Gasteiger partial charge in [-0.15, -0.1) is 0 Å². The van der Waals surface area contributed by atoms with E-state index in [1.165, 1.54) is 12.1 Å². The van der Waals surface area contributed by atoms with Crippen molar-refractivity contribution in [1.29, 1.82) is 0 Å². The van der Waals surface area contributed by atoms with E-state index in [4.69, 9.17) is 10.5 Å². The standard InChI is InChI=1S/C16H16F3NO/c1-2-12(20)9-14-15(19)4-3-5-16(14)21-13-7-10(17)6-11(18)8-13/h3-8,12H,2,9,20H2,1H3. The van der Waals surface area contributed by atoms with Gasteiger partial charge in [-0.05, 0) is 25.0 Å². The predicted molar refractivity (Wildman–Crippen MR) is 74.8 cm³/mol. The van der Waals surface area contributed by atoms with E-state index in [2.05, 4.69) is 0 Å². The van der Waals surface area contributed by atoms with Gasteiger partial charge in [-0.1, -0.05) is 13.0 Å². The van der Waals surface area contributed by atoms with Crippen molar-refractivity contribution in [1.82, 2.24) is 0 Å². The number of halogens is 3. The molecule has 0 aliphatic rings. The van der Waals surface area contributed by atoms with Crippen LogP contribution in [0.2, 0.25) is 0 Å². The molecule has 2 nitrogen and oxygen atoms in total. The Labute approximate surface area is 121 Å². The minimum Gasteiger partial charge on any atom is -0.457 e. The highest BCUT2D eigenvalue weighted by Crippen LogP contribution is 2.29. The lowest BCUT2D eigenvalue weighted by Crippen LogP contribution is -2.22. The predicted octanol–water partition coefficient (Wildman–Crippen LogP) is 4.18. The fraction of sp³-hybridized carbons (Fsp3) is 0.250. The van der Waals surface area contributed by atoms with Gasteiger partial charge in [0.05, 0.1) is 0 Å². The molecule has 0 aromatic heterocycles. The van der Waals surface area contributed by atoms with E-state index in [1.54, 1.807) is 6.07 Å². The maximum absolute atomic E-state index is 13.9. The van der Waals surface area contributed by atoms with Crippen molar-refractivity contribution in [3.63, 3.8) is 0 Å². The molecule has 0 radical (unpaired) electrons. The topological polar surface area (TPSA) is 35.2 Å². The van der Waals surface area contributed by atoms with Crippen molar-refractivity contribution in [2.24, 2.45) is 5.73 Å². The fourth-order valence-electron chi connectivity index (χ4n) is 1.95. The largest absolute Gasteiger partial charge is 0.457 e. The minimum absolute atomic E-state index is 0.0237. The molecule has 1 atom stereocenters. The van der Waals surface area contributed by atoms with Crippen molar-refractivity contribution in [2.75, 3.05) is 0 Å². The van der Waals surface area contributed by atoms with Gasteiger partial charge in [0.1, 0.15) is 29.0 Å². The third-order valence-electron chi connectivity index (χ3n) is 3.13. The first kappa shape index (κ1) is 15.4. The molecule has 2 N–H and O–H groups in total. The molecule has 112 valence electrons. The minimum atomic E-state index is -0.756. The second-order valence-electron chi connectivity index (χ2n) is 4.80. The van der Waals surface area contributed by atoms with Gasteiger partial charge < -0.3 is 10.5 Å². The quantitative estimate of drug-likeness (QED) is 0.898. The fourth-order valence-corrected chi connectivity index (χ4v) is 1.95. The molecular weight excluding hydrogens is 279 g/mol. The van der Waals surface area contributed by atoms with Gasteiger partial charge in [-0.25, -0.2) is 13.2 Å². The van der Waals surface area contributed by atoms with Crippen molar-refractivity contribution in [3.8, 4) is 11.5 Å². The van der Waals surface area contributed by atoms with E-state index in [-0.39, 0.29) is 24.0 Å². The summed E-state index contributed by atoms with van der Waals surface area (Å²) < 4.78 is 45.7. The number of nitrogens with two attached hydrogens (primary N) is 1. The molecule has 2 aromatic carbocycles. The first-order valence-electron chi connectivity index (χ1n) is 6.66. The lowest BCUT2D eigenvalue weighted by molar-refractivity contribution is 0.451. The van der Waals surface area contributed by atoms with Gasteiger partial charge in [-0.2, -0.15) is 0 Å². The van der Waals surface area contributed by atoms with Crippen molar-refractivity contribution in [2.45, 2.75) is 25.8 Å². The summed E-state index contributed by atoms with van der Waals surface area (Å²) in [6, 6.07) is 6.93. The summed E-state index contributed by atoms with van der Waals surface area (Å²) in [6.07, 6.45) is 0.971. The molecule has 0 amide bonds. The molecule has 0 aliphatic carbocycles. The Morgan fingerprint density at radius 2 is 1.76 bits per heavy atom. The molecule has 0 saturated heterocycles. The van der Waals surface area contributed by atoms with E-state index >= 15 is 0 Å². The lowest BCUT2D eigenvalue weighted by Gasteiger charge is -2.15. The van der Waals surface area contributed by atoms with E-state index in [0.29, 0.717) is 12.0 Å². The van der Waals surface area contributed by atoms with Crippen LogP contribution >= 0.6 is 0 Å². The number of ether oxygens (including phenoxy) is 1. The average molecular weight is 295 g/mol. The summed E-state index contributed by atoms with van der Waals surface area (Å²) >= 11 is 0. The van der Waals surface area contributed by atoms with Gasteiger partial charge in [0, 0.05) is 29.8 Å². The molecule has 0 fully saturated rings. The van der Waals surface area contributed by atoms with Crippen LogP contribution in [0.25, 0.3) is 0 Å². The molecule has 0 aliphatic heterocycles. The molecule has 2 aromatic rings. The van der Waals surface area contributed by atoms with Gasteiger partial charge >= 0.3 is 0 Å². The second kappa shape index (κ2) is 6.63. The molecule has 5 heteroatoms. The zero-order valence-electron chi connectivity index (χ0n) is 11.6. The highest BCUT2D eigenvalue weighted by molar-refractivity contribution is 5.39. The second-order valence-corrected chi connectivity index (χ2v) is 4.80. The van der Waals surface area contributed by atoms with Gasteiger partial charge in [0.2, 0.25) is 0 Å². The Bertz CT molecular complexity index is 611. The molecule has 0 spiro atoms. The van der Waals surface area contributed by atoms with Gasteiger partial charge in [-0.3, -0.25) is 0 Å². The summed E-state index contributed by atoms with van der Waals surface area (Å²) in [5, 5.41) is 0. The highest BCUT2D eigenvalue weighted by atomic mass is 19.1. The Kier molecular flexibility index (Phi) is 4.85. The van der Waals surface area contributed by atoms with Crippen LogP contribution in [0, 0.1) is 17.5 Å². The molecule has 0 saturated carbocycles. The van der Waals surface area contributed by atoms with Crippen LogP contribution in [0.5, 0.6) is 11.5 Å². The summed E-state index contributed by atoms with van der Waals surface area (Å²) in [4.78, 5) is 0. The molecule has 21 heavy (non-hydrogen) atoms. The summed E-state index contributed by atoms with van der Waals surface area (Å²) in [5.74, 6) is -1.77. The highest BCUT2D eigenvalue weighted by Gasteiger charge is 2.14. The van der Waals surface area contributed by atoms with Crippen molar-refractivity contribution in [3.05, 3.63) is 59.4 Å². The van der Waals surface area contributed by atoms with Crippen LogP contribution in [0.4, 0.5) is 13.2 Å². The number of benzene rings is 2. The van der Waals surface area contributed by atoms with E-state index in [1.807, 2.05) is 6.92 Å². The molecular formula is C16H16F3NO. The number of hydrogen-bond donors (Lipinski definition) is 1. The molecule has 1 unspecified atom stereocenters. The van der Waals surface area contributed by atoms with Crippen molar-refractivity contribution >= 4 is 0 Å². The van der Waals surface area contributed by atoms with E-state index in [9.17, 15) is 13.2 Å². The Morgan fingerprint density at radius 3 is 2.38 bits per heavy atom. The maximum Gasteiger partial charge on any atom is 0.133 e. The molecule has 2 rings (SSSR count). The Morgan fingerprint density at radius 1 is 1.10 bits per heavy atom. The van der Waals surface area contributed by atoms with Crippen LogP contribution in [0.3, 0.4) is 0 Å². The monoisotopic (exact) mass is 295 g/mol. The zero-order chi connectivity index (χ0) is 15.4. The van der Waals surface area contributed by atoms with Gasteiger partial charge in [0.15, 0.2) is 0 Å². The molecule has 0 heterocycles.